The Hall–Kier alpha value is -2.30. The Bertz CT molecular complexity index is 1480. The first-order valence-electron chi connectivity index (χ1n) is 10.2. The maximum absolute atomic E-state index is 12.6. The second-order valence-electron chi connectivity index (χ2n) is 7.76. The number of nitrogen functional groups attached to an aromatic ring is 1. The summed E-state index contributed by atoms with van der Waals surface area (Å²) in [5, 5.41) is 11.0. The Kier molecular flexibility index (Phi) is 6.26. The molecule has 5 atom stereocenters. The van der Waals surface area contributed by atoms with E-state index in [1.165, 1.54) is 16.7 Å². The van der Waals surface area contributed by atoms with Gasteiger partial charge in [-0.25, -0.2) is 18.0 Å². The van der Waals surface area contributed by atoms with Crippen molar-refractivity contribution in [2.75, 3.05) is 23.8 Å². The quantitative estimate of drug-likeness (QED) is 0.238. The molecule has 3 aromatic rings. The summed E-state index contributed by atoms with van der Waals surface area (Å²) in [6.45, 7) is -0.313. The number of nitrogens with one attached hydrogen (secondary N) is 1. The monoisotopic (exact) mass is 545 g/mol. The van der Waals surface area contributed by atoms with Gasteiger partial charge in [0.15, 0.2) is 32.4 Å². The second kappa shape index (κ2) is 8.97. The minimum atomic E-state index is -4.37. The van der Waals surface area contributed by atoms with Crippen LogP contribution in [0, 0.1) is 0 Å². The molecule has 1 aromatic carbocycles. The van der Waals surface area contributed by atoms with Crippen LogP contribution in [-0.4, -0.2) is 74.4 Å². The molecule has 1 unspecified atom stereocenters. The van der Waals surface area contributed by atoms with E-state index in [4.69, 9.17) is 19.5 Å². The van der Waals surface area contributed by atoms with E-state index in [0.29, 0.717) is 0 Å². The maximum atomic E-state index is 12.6. The lowest BCUT2D eigenvalue weighted by Crippen LogP contribution is -2.39. The number of fused-ring (bicyclic) bond motifs is 2. The van der Waals surface area contributed by atoms with E-state index in [-0.39, 0.29) is 45.3 Å². The topological polar surface area (TPSA) is 209 Å². The molecule has 14 nitrogen and oxygen atoms in total. The van der Waals surface area contributed by atoms with Crippen molar-refractivity contribution in [1.82, 2.24) is 19.5 Å². The van der Waals surface area contributed by atoms with Gasteiger partial charge in [-0.15, -0.1) is 0 Å². The van der Waals surface area contributed by atoms with Crippen LogP contribution in [0.15, 0.2) is 45.2 Å². The van der Waals surface area contributed by atoms with Crippen LogP contribution in [-0.2, 0) is 28.2 Å². The fourth-order valence-corrected chi connectivity index (χ4v) is 7.50. The molecule has 188 valence electrons. The summed E-state index contributed by atoms with van der Waals surface area (Å²) in [6.07, 6.45) is -4.79. The van der Waals surface area contributed by atoms with Crippen LogP contribution >= 0.6 is 19.6 Å². The van der Waals surface area contributed by atoms with Crippen LogP contribution in [0.5, 0.6) is 0 Å². The molecule has 0 radical (unpaired) electrons. The summed E-state index contributed by atoms with van der Waals surface area (Å²) in [4.78, 5) is 33.0. The first-order valence-corrected chi connectivity index (χ1v) is 14.4. The normalized spacial score (nSPS) is 28.9. The third-order valence-corrected chi connectivity index (χ3v) is 9.37. The van der Waals surface area contributed by atoms with Gasteiger partial charge in [0, 0.05) is 5.75 Å². The number of sulfone groups is 1. The van der Waals surface area contributed by atoms with Crippen LogP contribution in [0.25, 0.3) is 11.2 Å². The van der Waals surface area contributed by atoms with Crippen molar-refractivity contribution >= 4 is 46.5 Å². The van der Waals surface area contributed by atoms with Crippen molar-refractivity contribution in [2.45, 2.75) is 34.6 Å². The Morgan fingerprint density at radius 3 is 2.77 bits per heavy atom. The summed E-state index contributed by atoms with van der Waals surface area (Å²) in [7, 11) is -7.95. The van der Waals surface area contributed by atoms with Crippen molar-refractivity contribution < 1.29 is 36.8 Å². The van der Waals surface area contributed by atoms with E-state index in [1.54, 1.807) is 18.2 Å². The molecular weight excluding hydrogens is 525 g/mol. The van der Waals surface area contributed by atoms with Crippen LogP contribution in [0.1, 0.15) is 6.23 Å². The smallest absolute Gasteiger partial charge is 0.386 e. The SMILES string of the molecule is Nc1nc2c(nc(SCCS(=O)(=O)c3ccccc3)n2[C@@H]2O[C@@H]3COP(=O)(O)O[C@H]3[C@H]2O)c(=O)[nH]1. The van der Waals surface area contributed by atoms with Crippen LogP contribution in [0.3, 0.4) is 0 Å². The number of phosphoric acid groups is 1. The number of thioether (sulfide) groups is 1. The van der Waals surface area contributed by atoms with Gasteiger partial charge >= 0.3 is 7.82 Å². The highest BCUT2D eigenvalue weighted by Gasteiger charge is 2.53. The summed E-state index contributed by atoms with van der Waals surface area (Å²) in [6, 6.07) is 7.94. The van der Waals surface area contributed by atoms with Crippen molar-refractivity contribution in [1.29, 1.82) is 0 Å². The first kappa shape index (κ1) is 24.4. The Balaban J connectivity index is 1.48. The molecule has 35 heavy (non-hydrogen) atoms. The average Bonchev–Trinajstić information content (AvgIpc) is 3.31. The first-order chi connectivity index (χ1) is 16.6. The number of anilines is 1. The molecular formula is C18H20N5O9PS2. The van der Waals surface area contributed by atoms with Gasteiger partial charge in [-0.3, -0.25) is 23.4 Å². The number of rotatable bonds is 6. The van der Waals surface area contributed by atoms with Gasteiger partial charge in [-0.2, -0.15) is 4.98 Å². The third-order valence-electron chi connectivity index (χ3n) is 5.44. The van der Waals surface area contributed by atoms with Crippen LogP contribution < -0.4 is 11.3 Å². The average molecular weight is 545 g/mol. The number of nitrogens with two attached hydrogens (primary N) is 1. The third kappa shape index (κ3) is 4.63. The molecule has 4 heterocycles. The Labute approximate surface area is 202 Å². The molecule has 2 aliphatic heterocycles. The van der Waals surface area contributed by atoms with E-state index in [9.17, 15) is 27.8 Å². The highest BCUT2D eigenvalue weighted by atomic mass is 32.2. The number of benzene rings is 1. The summed E-state index contributed by atoms with van der Waals surface area (Å²) >= 11 is 1.00. The molecule has 2 saturated heterocycles. The highest BCUT2D eigenvalue weighted by molar-refractivity contribution is 8.00. The maximum Gasteiger partial charge on any atom is 0.472 e. The van der Waals surface area contributed by atoms with Crippen molar-refractivity contribution in [3.63, 3.8) is 0 Å². The molecule has 0 spiro atoms. The lowest BCUT2D eigenvalue weighted by molar-refractivity contribution is -0.0684. The minimum Gasteiger partial charge on any atom is -0.386 e. The zero-order valence-corrected chi connectivity index (χ0v) is 20.3. The van der Waals surface area contributed by atoms with Crippen molar-refractivity contribution in [2.24, 2.45) is 0 Å². The van der Waals surface area contributed by atoms with Gasteiger partial charge in [-0.1, -0.05) is 30.0 Å². The molecule has 5 rings (SSSR count). The van der Waals surface area contributed by atoms with Crippen LogP contribution in [0.2, 0.25) is 0 Å². The second-order valence-corrected chi connectivity index (χ2v) is 12.3. The lowest BCUT2D eigenvalue weighted by atomic mass is 10.1. The van der Waals surface area contributed by atoms with Gasteiger partial charge in [0.25, 0.3) is 5.56 Å². The molecule has 2 aliphatic rings. The number of aliphatic hydroxyl groups is 1. The molecule has 0 aliphatic carbocycles. The fourth-order valence-electron chi connectivity index (χ4n) is 3.85. The number of phosphoric ester groups is 1. The largest absolute Gasteiger partial charge is 0.472 e. The number of aliphatic hydroxyl groups excluding tert-OH is 1. The number of aromatic nitrogens is 4. The predicted molar refractivity (Wildman–Crippen MR) is 122 cm³/mol. The number of nitrogens with zero attached hydrogens (tertiary/aromatic N) is 3. The number of hydrogen-bond acceptors (Lipinski definition) is 12. The minimum absolute atomic E-state index is 0.0181. The predicted octanol–water partition coefficient (Wildman–Crippen LogP) is 0.0419. The lowest BCUT2D eigenvalue weighted by Gasteiger charge is -2.27. The van der Waals surface area contributed by atoms with Crippen molar-refractivity contribution in [3.8, 4) is 0 Å². The van der Waals surface area contributed by atoms with Gasteiger partial charge in [0.2, 0.25) is 5.95 Å². The standard InChI is InChI=1S/C18H20N5O9PS2/c19-17-21-14-11(15(25)22-17)20-18(34-6-7-35(28,29)9-4-2-1-3-5-9)23(14)16-12(24)13-10(31-16)8-30-33(26,27)32-13/h1-5,10,12-13,16,24H,6-8H2,(H,26,27)(H3,19,21,22,25)/t10-,12-,13-,16-/m1/s1. The Morgan fingerprint density at radius 2 is 2.03 bits per heavy atom. The van der Waals surface area contributed by atoms with Gasteiger partial charge < -0.3 is 20.5 Å². The molecule has 2 fully saturated rings. The zero-order valence-electron chi connectivity index (χ0n) is 17.8. The van der Waals surface area contributed by atoms with E-state index >= 15 is 0 Å². The summed E-state index contributed by atoms with van der Waals surface area (Å²) < 4.78 is 54.0. The number of hydrogen-bond donors (Lipinski definition) is 4. The number of imidazole rings is 1. The van der Waals surface area contributed by atoms with E-state index < -0.39 is 47.8 Å². The molecule has 17 heteroatoms. The number of aromatic amines is 1. The van der Waals surface area contributed by atoms with E-state index in [1.807, 2.05) is 0 Å². The molecule has 0 bridgehead atoms. The van der Waals surface area contributed by atoms with Crippen LogP contribution in [0.4, 0.5) is 5.95 Å². The van der Waals surface area contributed by atoms with E-state index in [0.717, 1.165) is 11.8 Å². The number of H-pyrrole nitrogens is 1. The number of ether oxygens (including phenoxy) is 1. The van der Waals surface area contributed by atoms with E-state index in [2.05, 4.69) is 15.0 Å². The zero-order chi connectivity index (χ0) is 25.0. The summed E-state index contributed by atoms with van der Waals surface area (Å²) in [5.41, 5.74) is 4.93. The summed E-state index contributed by atoms with van der Waals surface area (Å²) in [5.74, 6) is -0.397. The highest BCUT2D eigenvalue weighted by Crippen LogP contribution is 2.52. The van der Waals surface area contributed by atoms with Crippen molar-refractivity contribution in [3.05, 3.63) is 40.7 Å². The molecule has 0 amide bonds. The fraction of sp³-hybridized carbons (Fsp3) is 0.389. The van der Waals surface area contributed by atoms with Gasteiger partial charge in [0.1, 0.15) is 18.3 Å². The van der Waals surface area contributed by atoms with Gasteiger partial charge in [-0.05, 0) is 12.1 Å². The molecule has 5 N–H and O–H groups in total. The Morgan fingerprint density at radius 1 is 1.29 bits per heavy atom. The molecule has 0 saturated carbocycles. The van der Waals surface area contributed by atoms with Gasteiger partial charge in [0.05, 0.1) is 17.3 Å². The molecule has 2 aromatic heterocycles.